The molecule has 3 aromatic rings. The number of carbonyl (C=O) groups is 1. The van der Waals surface area contributed by atoms with Gasteiger partial charge < -0.3 is 10.6 Å². The summed E-state index contributed by atoms with van der Waals surface area (Å²) in [4.78, 5) is 23.6. The number of carbonyl (C=O) groups excluding carboxylic acids is 1. The van der Waals surface area contributed by atoms with Gasteiger partial charge in [-0.3, -0.25) is 9.48 Å². The van der Waals surface area contributed by atoms with E-state index in [4.69, 9.17) is 5.73 Å². The van der Waals surface area contributed by atoms with Gasteiger partial charge in [-0.25, -0.2) is 9.97 Å². The van der Waals surface area contributed by atoms with Gasteiger partial charge in [0.25, 0.3) is 0 Å². The van der Waals surface area contributed by atoms with E-state index in [-0.39, 0.29) is 17.9 Å². The number of amides is 1. The number of nitrogens with zero attached hydrogens (tertiary/aromatic N) is 5. The van der Waals surface area contributed by atoms with Crippen LogP contribution in [0.25, 0.3) is 11.1 Å². The summed E-state index contributed by atoms with van der Waals surface area (Å²) in [7, 11) is 1.87. The van der Waals surface area contributed by atoms with Crippen LogP contribution in [-0.2, 0) is 18.3 Å². The molecule has 7 heteroatoms. The number of hydrogen-bond acceptors (Lipinski definition) is 5. The van der Waals surface area contributed by atoms with E-state index >= 15 is 0 Å². The van der Waals surface area contributed by atoms with Gasteiger partial charge >= 0.3 is 0 Å². The van der Waals surface area contributed by atoms with E-state index in [1.807, 2.05) is 36.3 Å². The Morgan fingerprint density at radius 3 is 2.82 bits per heavy atom. The summed E-state index contributed by atoms with van der Waals surface area (Å²) in [5.41, 5.74) is 9.69. The molecule has 28 heavy (non-hydrogen) atoms. The number of nitrogen functional groups attached to an aromatic ring is 1. The molecule has 1 saturated heterocycles. The van der Waals surface area contributed by atoms with E-state index in [0.29, 0.717) is 6.42 Å². The van der Waals surface area contributed by atoms with Crippen LogP contribution in [0.2, 0.25) is 0 Å². The Balaban J connectivity index is 1.58. The summed E-state index contributed by atoms with van der Waals surface area (Å²) in [5.74, 6) is 0.381. The molecule has 0 unspecified atom stereocenters. The van der Waals surface area contributed by atoms with Crippen molar-refractivity contribution >= 4 is 11.9 Å². The Bertz CT molecular complexity index is 968. The molecule has 2 N–H and O–H groups in total. The lowest BCUT2D eigenvalue weighted by Gasteiger charge is -2.26. The first-order valence-corrected chi connectivity index (χ1v) is 9.56. The normalized spacial score (nSPS) is 16.5. The molecule has 144 valence electrons. The summed E-state index contributed by atoms with van der Waals surface area (Å²) in [6.07, 6.45) is 8.51. The summed E-state index contributed by atoms with van der Waals surface area (Å²) in [6.45, 7) is 0.745. The largest absolute Gasteiger partial charge is 0.368 e. The highest BCUT2D eigenvalue weighted by atomic mass is 16.2. The molecule has 1 aliphatic rings. The molecule has 0 radical (unpaired) electrons. The van der Waals surface area contributed by atoms with E-state index < -0.39 is 0 Å². The SMILES string of the molecule is Cn1cc(-c2cnc(N)nc2[C@@H]2CCCN2C(=O)CCc2ccccc2)cn1. The Kier molecular flexibility index (Phi) is 5.06. The lowest BCUT2D eigenvalue weighted by molar-refractivity contribution is -0.132. The van der Waals surface area contributed by atoms with Crippen LogP contribution in [0, 0.1) is 0 Å². The molecule has 0 spiro atoms. The zero-order valence-electron chi connectivity index (χ0n) is 16.0. The van der Waals surface area contributed by atoms with Crippen LogP contribution in [0.3, 0.4) is 0 Å². The highest BCUT2D eigenvalue weighted by Gasteiger charge is 2.33. The van der Waals surface area contributed by atoms with Crippen LogP contribution in [0.4, 0.5) is 5.95 Å². The number of benzene rings is 1. The Labute approximate surface area is 164 Å². The molecular weight excluding hydrogens is 352 g/mol. The molecule has 2 aromatic heterocycles. The summed E-state index contributed by atoms with van der Waals surface area (Å²) in [5, 5.41) is 4.25. The Hall–Kier alpha value is -3.22. The zero-order valence-corrected chi connectivity index (χ0v) is 16.0. The summed E-state index contributed by atoms with van der Waals surface area (Å²) >= 11 is 0. The van der Waals surface area contributed by atoms with Crippen molar-refractivity contribution in [2.24, 2.45) is 7.05 Å². The second kappa shape index (κ2) is 7.80. The van der Waals surface area contributed by atoms with Crippen molar-refractivity contribution in [3.05, 3.63) is 60.2 Å². The second-order valence-corrected chi connectivity index (χ2v) is 7.16. The smallest absolute Gasteiger partial charge is 0.223 e. The first-order valence-electron chi connectivity index (χ1n) is 9.56. The molecule has 1 aliphatic heterocycles. The Morgan fingerprint density at radius 2 is 2.07 bits per heavy atom. The van der Waals surface area contributed by atoms with Gasteiger partial charge in [-0.15, -0.1) is 0 Å². The molecule has 0 bridgehead atoms. The minimum Gasteiger partial charge on any atom is -0.368 e. The van der Waals surface area contributed by atoms with Crippen molar-refractivity contribution in [2.75, 3.05) is 12.3 Å². The van der Waals surface area contributed by atoms with Crippen LogP contribution in [0.1, 0.15) is 36.6 Å². The van der Waals surface area contributed by atoms with Crippen molar-refractivity contribution in [3.63, 3.8) is 0 Å². The molecule has 1 fully saturated rings. The molecule has 0 saturated carbocycles. The summed E-state index contributed by atoms with van der Waals surface area (Å²) < 4.78 is 1.74. The fraction of sp³-hybridized carbons (Fsp3) is 0.333. The van der Waals surface area contributed by atoms with Crippen molar-refractivity contribution in [3.8, 4) is 11.1 Å². The third-order valence-electron chi connectivity index (χ3n) is 5.21. The topological polar surface area (TPSA) is 89.9 Å². The first kappa shape index (κ1) is 18.2. The van der Waals surface area contributed by atoms with E-state index in [9.17, 15) is 4.79 Å². The standard InChI is InChI=1S/C21H24N6O/c1-26-14-16(12-24-26)17-13-23-21(22)25-20(17)18-8-5-11-27(18)19(28)10-9-15-6-3-2-4-7-15/h2-4,6-7,12-14,18H,5,8-11H2,1H3,(H2,22,23,25)/t18-/m0/s1. The third-order valence-corrected chi connectivity index (χ3v) is 5.21. The summed E-state index contributed by atoms with van der Waals surface area (Å²) in [6, 6.07) is 10.0. The minimum absolute atomic E-state index is 0.0798. The van der Waals surface area contributed by atoms with E-state index in [2.05, 4.69) is 27.2 Å². The van der Waals surface area contributed by atoms with Crippen LogP contribution in [-0.4, -0.2) is 37.1 Å². The predicted molar refractivity (Wildman–Crippen MR) is 107 cm³/mol. The maximum Gasteiger partial charge on any atom is 0.223 e. The van der Waals surface area contributed by atoms with Gasteiger partial charge in [0.2, 0.25) is 11.9 Å². The number of hydrogen-bond donors (Lipinski definition) is 1. The number of aromatic nitrogens is 4. The molecule has 1 aromatic carbocycles. The maximum absolute atomic E-state index is 13.0. The van der Waals surface area contributed by atoms with Gasteiger partial charge in [0.05, 0.1) is 17.9 Å². The molecule has 1 atom stereocenters. The van der Waals surface area contributed by atoms with Crippen LogP contribution < -0.4 is 5.73 Å². The lowest BCUT2D eigenvalue weighted by Crippen LogP contribution is -2.31. The molecule has 7 nitrogen and oxygen atoms in total. The lowest BCUT2D eigenvalue weighted by atomic mass is 10.0. The first-order chi connectivity index (χ1) is 13.6. The van der Waals surface area contributed by atoms with Crippen molar-refractivity contribution < 1.29 is 4.79 Å². The highest BCUT2D eigenvalue weighted by Crippen LogP contribution is 2.37. The quantitative estimate of drug-likeness (QED) is 0.739. The molecule has 4 rings (SSSR count). The fourth-order valence-corrected chi connectivity index (χ4v) is 3.84. The molecular formula is C21H24N6O. The average molecular weight is 376 g/mol. The van der Waals surface area contributed by atoms with Gasteiger partial charge in [0.15, 0.2) is 0 Å². The van der Waals surface area contributed by atoms with E-state index in [1.54, 1.807) is 17.1 Å². The molecule has 3 heterocycles. The predicted octanol–water partition coefficient (Wildman–Crippen LogP) is 2.76. The monoisotopic (exact) mass is 376 g/mol. The zero-order chi connectivity index (χ0) is 19.5. The van der Waals surface area contributed by atoms with Crippen molar-refractivity contribution in [1.29, 1.82) is 0 Å². The number of aryl methyl sites for hydroxylation is 2. The van der Waals surface area contributed by atoms with Gasteiger partial charge in [-0.1, -0.05) is 30.3 Å². The van der Waals surface area contributed by atoms with E-state index in [1.165, 1.54) is 5.56 Å². The Morgan fingerprint density at radius 1 is 1.25 bits per heavy atom. The number of likely N-dealkylation sites (tertiary alicyclic amines) is 1. The second-order valence-electron chi connectivity index (χ2n) is 7.16. The van der Waals surface area contributed by atoms with Crippen LogP contribution >= 0.6 is 0 Å². The van der Waals surface area contributed by atoms with Crippen molar-refractivity contribution in [2.45, 2.75) is 31.7 Å². The number of nitrogens with two attached hydrogens (primary N) is 1. The van der Waals surface area contributed by atoms with Crippen LogP contribution in [0.15, 0.2) is 48.9 Å². The number of rotatable bonds is 5. The highest BCUT2D eigenvalue weighted by molar-refractivity contribution is 5.78. The van der Waals surface area contributed by atoms with Crippen molar-refractivity contribution in [1.82, 2.24) is 24.6 Å². The molecule has 1 amide bonds. The van der Waals surface area contributed by atoms with Gasteiger partial charge in [0.1, 0.15) is 0 Å². The fourth-order valence-electron chi connectivity index (χ4n) is 3.84. The number of anilines is 1. The maximum atomic E-state index is 13.0. The third kappa shape index (κ3) is 3.74. The van der Waals surface area contributed by atoms with Gasteiger partial charge in [-0.2, -0.15) is 5.10 Å². The van der Waals surface area contributed by atoms with Gasteiger partial charge in [0, 0.05) is 43.5 Å². The average Bonchev–Trinajstić information content (AvgIpc) is 3.36. The molecule has 0 aliphatic carbocycles. The van der Waals surface area contributed by atoms with E-state index in [0.717, 1.165) is 42.6 Å². The minimum atomic E-state index is -0.0798. The van der Waals surface area contributed by atoms with Gasteiger partial charge in [-0.05, 0) is 24.8 Å². The van der Waals surface area contributed by atoms with Crippen LogP contribution in [0.5, 0.6) is 0 Å².